The van der Waals surface area contributed by atoms with Crippen LogP contribution in [0.3, 0.4) is 0 Å². The Balaban J connectivity index is 1.71. The monoisotopic (exact) mass is 655 g/mol. The van der Waals surface area contributed by atoms with E-state index in [0.29, 0.717) is 46.5 Å². The van der Waals surface area contributed by atoms with E-state index in [1.807, 2.05) is 31.2 Å². The van der Waals surface area contributed by atoms with E-state index in [1.54, 1.807) is 63.2 Å². The lowest BCUT2D eigenvalue weighted by molar-refractivity contribution is -0.155. The molecule has 1 heterocycles. The molecule has 3 N–H and O–H groups in total. The van der Waals surface area contributed by atoms with Crippen LogP contribution in [0.1, 0.15) is 68.4 Å². The number of hydrogen-bond donors (Lipinski definition) is 3. The van der Waals surface area contributed by atoms with Gasteiger partial charge in [0.1, 0.15) is 11.4 Å². The van der Waals surface area contributed by atoms with Gasteiger partial charge in [-0.25, -0.2) is 10.4 Å². The molecule has 1 aliphatic heterocycles. The average molecular weight is 657 g/mol. The molecular weight excluding hydrogens is 617 g/mol. The van der Waals surface area contributed by atoms with Crippen LogP contribution < -0.4 is 15.6 Å². The summed E-state index contributed by atoms with van der Waals surface area (Å²) >= 11 is 12.9. The van der Waals surface area contributed by atoms with Gasteiger partial charge in [-0.15, -0.1) is 0 Å². The van der Waals surface area contributed by atoms with Crippen molar-refractivity contribution in [2.75, 3.05) is 13.2 Å². The van der Waals surface area contributed by atoms with E-state index in [1.165, 1.54) is 0 Å². The first-order valence-electron chi connectivity index (χ1n) is 14.8. The second kappa shape index (κ2) is 15.1. The van der Waals surface area contributed by atoms with Crippen molar-refractivity contribution in [1.82, 2.24) is 10.9 Å². The molecule has 3 aromatic rings. The maximum atomic E-state index is 14.2. The minimum atomic E-state index is -1.61. The predicted octanol–water partition coefficient (Wildman–Crippen LogP) is 6.26. The minimum absolute atomic E-state index is 0.0324. The number of amides is 1. The summed E-state index contributed by atoms with van der Waals surface area (Å²) in [5, 5.41) is 9.75. The van der Waals surface area contributed by atoms with Gasteiger partial charge in [0.25, 0.3) is 5.91 Å². The fourth-order valence-corrected chi connectivity index (χ4v) is 5.41. The smallest absolute Gasteiger partial charge is 0.306 e. The molecule has 0 saturated heterocycles. The van der Waals surface area contributed by atoms with Crippen molar-refractivity contribution >= 4 is 41.0 Å². The Bertz CT molecular complexity index is 1520. The number of hydrazine groups is 1. The van der Waals surface area contributed by atoms with Crippen molar-refractivity contribution in [3.8, 4) is 5.75 Å². The summed E-state index contributed by atoms with van der Waals surface area (Å²) < 4.78 is 17.7. The number of aliphatic hydroxyl groups is 1. The number of aliphatic imine (C=N–C) groups is 1. The highest BCUT2D eigenvalue weighted by Gasteiger charge is 2.54. The number of nitrogens with one attached hydrogen (secondary N) is 2. The lowest BCUT2D eigenvalue weighted by Crippen LogP contribution is -2.52. The number of aliphatic hydroxyl groups excluding tert-OH is 1. The Morgan fingerprint density at radius 2 is 1.82 bits per heavy atom. The van der Waals surface area contributed by atoms with E-state index in [9.17, 15) is 9.59 Å². The molecule has 0 aliphatic carbocycles. The van der Waals surface area contributed by atoms with Crippen molar-refractivity contribution in [3.05, 3.63) is 99.0 Å². The van der Waals surface area contributed by atoms with Crippen LogP contribution in [0, 0.1) is 6.92 Å². The summed E-state index contributed by atoms with van der Waals surface area (Å²) in [6, 6.07) is 19.9. The first-order chi connectivity index (χ1) is 21.4. The molecule has 0 saturated carbocycles. The Labute approximate surface area is 273 Å². The SMILES string of the molecule is Cc1cccc(CNNC(=O)[C@@]2(CCC(=O)OC(C)(C)C)N=C(c3ccc(OCCCO)cc3)O[C@H]2c2ccc(Cl)cc2Cl)c1. The summed E-state index contributed by atoms with van der Waals surface area (Å²) in [6.07, 6.45) is -0.632. The normalized spacial score (nSPS) is 17.8. The highest BCUT2D eigenvalue weighted by molar-refractivity contribution is 6.35. The number of ether oxygens (including phenoxy) is 3. The Morgan fingerprint density at radius 1 is 1.07 bits per heavy atom. The molecule has 0 bridgehead atoms. The predicted molar refractivity (Wildman–Crippen MR) is 174 cm³/mol. The molecule has 0 fully saturated rings. The van der Waals surface area contributed by atoms with Crippen LogP contribution in [-0.4, -0.2) is 47.2 Å². The number of rotatable bonds is 13. The summed E-state index contributed by atoms with van der Waals surface area (Å²) in [5.41, 5.74) is 6.65. The summed E-state index contributed by atoms with van der Waals surface area (Å²) in [7, 11) is 0. The van der Waals surface area contributed by atoms with E-state index in [-0.39, 0.29) is 25.3 Å². The van der Waals surface area contributed by atoms with Gasteiger partial charge in [0, 0.05) is 47.2 Å². The zero-order valence-corrected chi connectivity index (χ0v) is 27.4. The first kappa shape index (κ1) is 34.2. The molecule has 11 heteroatoms. The number of aryl methyl sites for hydroxylation is 1. The van der Waals surface area contributed by atoms with Crippen molar-refractivity contribution in [2.24, 2.45) is 4.99 Å². The van der Waals surface area contributed by atoms with Gasteiger partial charge in [-0.1, -0.05) is 59.1 Å². The van der Waals surface area contributed by atoms with Crippen LogP contribution in [0.2, 0.25) is 10.0 Å². The van der Waals surface area contributed by atoms with E-state index < -0.39 is 29.1 Å². The van der Waals surface area contributed by atoms with E-state index in [4.69, 9.17) is 47.5 Å². The van der Waals surface area contributed by atoms with Crippen molar-refractivity contribution in [1.29, 1.82) is 0 Å². The lowest BCUT2D eigenvalue weighted by atomic mass is 9.83. The van der Waals surface area contributed by atoms with Gasteiger partial charge in [0.05, 0.1) is 6.61 Å². The topological polar surface area (TPSA) is 118 Å². The van der Waals surface area contributed by atoms with Crippen LogP contribution in [0.5, 0.6) is 5.75 Å². The zero-order chi connectivity index (χ0) is 32.6. The van der Waals surface area contributed by atoms with E-state index in [2.05, 4.69) is 10.9 Å². The van der Waals surface area contributed by atoms with Crippen molar-refractivity contribution < 1.29 is 28.9 Å². The molecule has 0 radical (unpaired) electrons. The summed E-state index contributed by atoms with van der Waals surface area (Å²) in [5.74, 6) is -0.173. The second-order valence-corrected chi connectivity index (χ2v) is 12.7. The number of halogens is 2. The third-order valence-corrected chi connectivity index (χ3v) is 7.54. The maximum absolute atomic E-state index is 14.2. The fourth-order valence-electron chi connectivity index (χ4n) is 4.90. The number of benzene rings is 3. The van der Waals surface area contributed by atoms with Gasteiger partial charge >= 0.3 is 5.97 Å². The number of esters is 1. The highest BCUT2D eigenvalue weighted by Crippen LogP contribution is 2.45. The van der Waals surface area contributed by atoms with E-state index >= 15 is 0 Å². The van der Waals surface area contributed by atoms with Crippen molar-refractivity contribution in [2.45, 2.75) is 70.7 Å². The van der Waals surface area contributed by atoms with Crippen LogP contribution in [0.15, 0.2) is 71.7 Å². The Morgan fingerprint density at radius 3 is 2.49 bits per heavy atom. The molecular formula is C34H39Cl2N3O6. The van der Waals surface area contributed by atoms with Crippen LogP contribution in [0.25, 0.3) is 0 Å². The number of hydrogen-bond acceptors (Lipinski definition) is 8. The van der Waals surface area contributed by atoms with Crippen LogP contribution in [-0.2, 0) is 25.6 Å². The third-order valence-electron chi connectivity index (χ3n) is 6.98. The van der Waals surface area contributed by atoms with Crippen LogP contribution in [0.4, 0.5) is 0 Å². The molecule has 0 aromatic heterocycles. The van der Waals surface area contributed by atoms with E-state index in [0.717, 1.165) is 11.1 Å². The summed E-state index contributed by atoms with van der Waals surface area (Å²) in [6.45, 7) is 8.10. The first-order valence-corrected chi connectivity index (χ1v) is 15.5. The molecule has 240 valence electrons. The van der Waals surface area contributed by atoms with Gasteiger partial charge in [-0.3, -0.25) is 15.0 Å². The standard InChI is InChI=1S/C34H39Cl2N3O6/c1-22-7-5-8-23(19-22)21-37-39-32(42)34(16-15-29(41)45-33(2,3)4)30(27-14-11-25(35)20-28(27)36)44-31(38-34)24-9-12-26(13-10-24)43-18-6-17-40/h5,7-14,19-20,30,37,40H,6,15-18,21H2,1-4H3,(H,39,42)/t30-,34-/m0/s1. The quantitative estimate of drug-likeness (QED) is 0.113. The zero-order valence-electron chi connectivity index (χ0n) is 25.9. The molecule has 4 rings (SSSR count). The molecule has 0 spiro atoms. The molecule has 1 aliphatic rings. The minimum Gasteiger partial charge on any atom is -0.494 e. The largest absolute Gasteiger partial charge is 0.494 e. The second-order valence-electron chi connectivity index (χ2n) is 11.8. The molecule has 3 aromatic carbocycles. The highest BCUT2D eigenvalue weighted by atomic mass is 35.5. The lowest BCUT2D eigenvalue weighted by Gasteiger charge is -2.31. The van der Waals surface area contributed by atoms with Gasteiger partial charge in [-0.2, -0.15) is 0 Å². The Kier molecular flexibility index (Phi) is 11.5. The number of carbonyl (C=O) groups is 2. The average Bonchev–Trinajstić information content (AvgIpc) is 3.36. The molecule has 0 unspecified atom stereocenters. The van der Waals surface area contributed by atoms with Gasteiger partial charge in [-0.05, 0) is 76.1 Å². The van der Waals surface area contributed by atoms with Gasteiger partial charge < -0.3 is 19.3 Å². The Hall–Kier alpha value is -3.63. The number of nitrogens with zero attached hydrogens (tertiary/aromatic N) is 1. The summed E-state index contributed by atoms with van der Waals surface area (Å²) in [4.78, 5) is 32.1. The molecule has 9 nitrogen and oxygen atoms in total. The third kappa shape index (κ3) is 9.20. The molecule has 45 heavy (non-hydrogen) atoms. The fraction of sp³-hybridized carbons (Fsp3) is 0.382. The maximum Gasteiger partial charge on any atom is 0.306 e. The molecule has 2 atom stereocenters. The van der Waals surface area contributed by atoms with Crippen LogP contribution >= 0.6 is 23.2 Å². The van der Waals surface area contributed by atoms with Gasteiger partial charge in [0.2, 0.25) is 5.90 Å². The van der Waals surface area contributed by atoms with Gasteiger partial charge in [0.15, 0.2) is 11.6 Å². The van der Waals surface area contributed by atoms with Crippen molar-refractivity contribution in [3.63, 3.8) is 0 Å². The number of carbonyl (C=O) groups excluding carboxylic acids is 2. The molecule has 1 amide bonds.